The van der Waals surface area contributed by atoms with Crippen molar-refractivity contribution < 1.29 is 0 Å². The number of rotatable bonds is 0. The molecular formula is Mg3N2Pb. The van der Waals surface area contributed by atoms with Crippen molar-refractivity contribution in [3.05, 3.63) is 12.3 Å². The second kappa shape index (κ2) is 42.1. The maximum absolute atomic E-state index is 0. The summed E-state index contributed by atoms with van der Waals surface area (Å²) in [4.78, 5) is 0. The zero-order valence-electron chi connectivity index (χ0n) is 3.52. The van der Waals surface area contributed by atoms with E-state index in [0.717, 1.165) is 0 Å². The van der Waals surface area contributed by atoms with E-state index in [1.165, 1.54) is 0 Å². The Morgan fingerprint density at radius 2 is 0.500 bits per heavy atom. The van der Waals surface area contributed by atoms with Crippen LogP contribution in [0.5, 0.6) is 0 Å². The van der Waals surface area contributed by atoms with E-state index in [4.69, 9.17) is 0 Å². The first-order valence-corrected chi connectivity index (χ1v) is 0. The molecule has 6 heteroatoms. The molecule has 20 valence electrons. The average Bonchev–Trinajstić information content (AvgIpc) is 0. The molecule has 0 fully saturated rings. The van der Waals surface area contributed by atoms with Gasteiger partial charge in [0.2, 0.25) is 0 Å². The zero-order valence-corrected chi connectivity index (χ0v) is 11.6. The van der Waals surface area contributed by atoms with E-state index in [1.807, 2.05) is 0 Å². The Bertz CT molecular complexity index is 8.75. The van der Waals surface area contributed by atoms with Gasteiger partial charge in [-0.05, 0) is 0 Å². The van der Waals surface area contributed by atoms with Crippen LogP contribution in [0.3, 0.4) is 0 Å². The third kappa shape index (κ3) is 27.3. The van der Waals surface area contributed by atoms with Crippen LogP contribution in [0, 0.1) is 0 Å². The molecule has 0 heterocycles. The van der Waals surface area contributed by atoms with Crippen LogP contribution in [0.15, 0.2) is 0 Å². The average molecular weight is 308 g/mol. The Kier molecular flexibility index (Phi) is 431. The third-order valence-corrected chi connectivity index (χ3v) is 0. The largest absolute Gasteiger partial charge is 3.00 e. The summed E-state index contributed by atoms with van der Waals surface area (Å²) in [5.41, 5.74) is 0. The molecular weight excluding hydrogens is 308 g/mol. The van der Waals surface area contributed by atoms with Gasteiger partial charge in [0.25, 0.3) is 0 Å². The summed E-state index contributed by atoms with van der Waals surface area (Å²) < 4.78 is 0. The molecule has 0 saturated heterocycles. The summed E-state index contributed by atoms with van der Waals surface area (Å²) in [5.74, 6) is 0. The summed E-state index contributed by atoms with van der Waals surface area (Å²) in [6.07, 6.45) is 0. The first-order chi connectivity index (χ1) is 0. The Morgan fingerprint density at radius 1 is 0.500 bits per heavy atom. The predicted molar refractivity (Wildman–Crippen MR) is 29.7 cm³/mol. The summed E-state index contributed by atoms with van der Waals surface area (Å²) in [7, 11) is 0. The van der Waals surface area contributed by atoms with Gasteiger partial charge in [-0.3, -0.25) is 0 Å². The standard InChI is InChI=1S/3Mg.2N.Pb/q3*+2;2*-3;. The van der Waals surface area contributed by atoms with Gasteiger partial charge in [-0.25, -0.2) is 0 Å². The van der Waals surface area contributed by atoms with Gasteiger partial charge in [0, 0.05) is 27.3 Å². The van der Waals surface area contributed by atoms with E-state index in [0.29, 0.717) is 0 Å². The molecule has 0 amide bonds. The van der Waals surface area contributed by atoms with Crippen LogP contribution < -0.4 is 0 Å². The fraction of sp³-hybridized carbons (Fsp3) is 0. The molecule has 0 saturated carbocycles. The van der Waals surface area contributed by atoms with Crippen molar-refractivity contribution in [2.45, 2.75) is 0 Å². The Hall–Kier alpha value is 3.14. The fourth-order valence-electron chi connectivity index (χ4n) is 0. The molecule has 0 aliphatic carbocycles. The molecule has 0 aromatic rings. The van der Waals surface area contributed by atoms with Crippen LogP contribution in [0.4, 0.5) is 0 Å². The monoisotopic (exact) mass is 308 g/mol. The summed E-state index contributed by atoms with van der Waals surface area (Å²) in [5, 5.41) is 0. The normalized spacial score (nSPS) is 0. The molecule has 2 nitrogen and oxygen atoms in total. The van der Waals surface area contributed by atoms with Gasteiger partial charge >= 0.3 is 69.2 Å². The van der Waals surface area contributed by atoms with E-state index in [2.05, 4.69) is 0 Å². The van der Waals surface area contributed by atoms with Gasteiger partial charge < -0.3 is 12.3 Å². The summed E-state index contributed by atoms with van der Waals surface area (Å²) >= 11 is 0. The molecule has 0 unspecified atom stereocenters. The van der Waals surface area contributed by atoms with Crippen LogP contribution in [-0.4, -0.2) is 96.5 Å². The maximum Gasteiger partial charge on any atom is 2.00 e. The molecule has 0 aliphatic rings. The van der Waals surface area contributed by atoms with Crippen molar-refractivity contribution >= 4 is 96.5 Å². The van der Waals surface area contributed by atoms with Gasteiger partial charge in [0.05, 0.1) is 0 Å². The van der Waals surface area contributed by atoms with Gasteiger partial charge in [-0.15, -0.1) is 0 Å². The zero-order chi connectivity index (χ0) is 0. The second-order valence-corrected chi connectivity index (χ2v) is 0. The quantitative estimate of drug-likeness (QED) is 0.518. The van der Waals surface area contributed by atoms with Crippen molar-refractivity contribution in [1.82, 2.24) is 0 Å². The van der Waals surface area contributed by atoms with Gasteiger partial charge in [0.15, 0.2) is 0 Å². The maximum atomic E-state index is 0. The van der Waals surface area contributed by atoms with E-state index < -0.39 is 0 Å². The van der Waals surface area contributed by atoms with Crippen molar-refractivity contribution in [2.75, 3.05) is 0 Å². The summed E-state index contributed by atoms with van der Waals surface area (Å²) in [6.45, 7) is 0. The number of nitrogens with zero attached hydrogens (tertiary/aromatic N) is 2. The van der Waals surface area contributed by atoms with Crippen molar-refractivity contribution in [3.63, 3.8) is 0 Å². The molecule has 0 spiro atoms. The molecule has 0 N–H and O–H groups in total. The molecule has 4 radical (unpaired) electrons. The molecule has 0 atom stereocenters. The molecule has 0 bridgehead atoms. The minimum absolute atomic E-state index is 0. The van der Waals surface area contributed by atoms with Crippen LogP contribution in [0.25, 0.3) is 12.3 Å². The molecule has 0 rings (SSSR count). The summed E-state index contributed by atoms with van der Waals surface area (Å²) in [6, 6.07) is 0. The smallest absolute Gasteiger partial charge is 2.00 e. The number of hydrogen-bond donors (Lipinski definition) is 0. The topological polar surface area (TPSA) is 61.0 Å². The first-order valence-electron chi connectivity index (χ1n) is 0. The molecule has 0 aromatic heterocycles. The van der Waals surface area contributed by atoms with Crippen molar-refractivity contribution in [2.24, 2.45) is 0 Å². The van der Waals surface area contributed by atoms with E-state index >= 15 is 0 Å². The number of hydrogen-bond acceptors (Lipinski definition) is 0. The molecule has 6 heavy (non-hydrogen) atoms. The van der Waals surface area contributed by atoms with Gasteiger partial charge in [-0.2, -0.15) is 0 Å². The molecule has 0 aromatic carbocycles. The van der Waals surface area contributed by atoms with E-state index in [9.17, 15) is 0 Å². The second-order valence-electron chi connectivity index (χ2n) is 0. The van der Waals surface area contributed by atoms with E-state index in [-0.39, 0.29) is 109 Å². The van der Waals surface area contributed by atoms with Crippen molar-refractivity contribution in [3.8, 4) is 0 Å². The van der Waals surface area contributed by atoms with Crippen LogP contribution in [0.1, 0.15) is 0 Å². The molecule has 0 aliphatic heterocycles. The predicted octanol–water partition coefficient (Wildman–Crippen LogP) is -0.946. The third-order valence-electron chi connectivity index (χ3n) is 0. The SMILES string of the molecule is [Mg+2].[Mg+2].[Mg+2].[N-3].[N-3].[Pb]. The van der Waals surface area contributed by atoms with Crippen LogP contribution in [-0.2, 0) is 0 Å². The Balaban J connectivity index is 0. The van der Waals surface area contributed by atoms with Crippen LogP contribution in [0.2, 0.25) is 0 Å². The van der Waals surface area contributed by atoms with Crippen molar-refractivity contribution in [1.29, 1.82) is 0 Å². The van der Waals surface area contributed by atoms with Gasteiger partial charge in [0.1, 0.15) is 0 Å². The minimum Gasteiger partial charge on any atom is -3.00 e. The Labute approximate surface area is 107 Å². The fourth-order valence-corrected chi connectivity index (χ4v) is 0. The van der Waals surface area contributed by atoms with Gasteiger partial charge in [-0.1, -0.05) is 0 Å². The van der Waals surface area contributed by atoms with E-state index in [1.54, 1.807) is 0 Å². The first kappa shape index (κ1) is 61.4. The Morgan fingerprint density at radius 3 is 0.500 bits per heavy atom. The van der Waals surface area contributed by atoms with Crippen LogP contribution >= 0.6 is 0 Å². The minimum atomic E-state index is 0.